The Bertz CT molecular complexity index is 784. The number of benzene rings is 2. The van der Waals surface area contributed by atoms with Crippen LogP contribution in [0, 0.1) is 0 Å². The average Bonchev–Trinajstić information content (AvgIpc) is 2.84. The normalized spacial score (nSPS) is 16.9. The maximum atomic E-state index is 12.8. The summed E-state index contributed by atoms with van der Waals surface area (Å²) in [6, 6.07) is 17.9. The molecule has 1 aliphatic rings. The number of allylic oxidation sites excluding steroid dienone is 1. The third-order valence-corrected chi connectivity index (χ3v) is 5.73. The van der Waals surface area contributed by atoms with Crippen LogP contribution in [0.25, 0.3) is 5.57 Å². The molecule has 0 aliphatic carbocycles. The van der Waals surface area contributed by atoms with Gasteiger partial charge >= 0.3 is 0 Å². The summed E-state index contributed by atoms with van der Waals surface area (Å²) in [5, 5.41) is 0. The molecule has 1 amide bonds. The van der Waals surface area contributed by atoms with E-state index in [0.29, 0.717) is 15.8 Å². The van der Waals surface area contributed by atoms with Gasteiger partial charge in [-0.3, -0.25) is 9.69 Å². The summed E-state index contributed by atoms with van der Waals surface area (Å²) in [7, 11) is 0. The second-order valence-corrected chi connectivity index (χ2v) is 7.77. The molecule has 3 rings (SSSR count). The fourth-order valence-electron chi connectivity index (χ4n) is 2.36. The first kappa shape index (κ1) is 16.4. The molecule has 5 heteroatoms. The Labute approximate surface area is 153 Å². The molecule has 2 nitrogen and oxygen atoms in total. The minimum atomic E-state index is -0.00993. The van der Waals surface area contributed by atoms with Crippen molar-refractivity contribution in [2.24, 2.45) is 0 Å². The molecular weight excluding hydrogens is 390 g/mol. The summed E-state index contributed by atoms with van der Waals surface area (Å²) in [5.74, 6) is -0.00993. The van der Waals surface area contributed by atoms with Gasteiger partial charge in [-0.1, -0.05) is 82.4 Å². The predicted molar refractivity (Wildman–Crippen MR) is 104 cm³/mol. The van der Waals surface area contributed by atoms with Crippen molar-refractivity contribution in [1.29, 1.82) is 0 Å². The molecule has 0 aromatic heterocycles. The van der Waals surface area contributed by atoms with Crippen molar-refractivity contribution >= 4 is 55.7 Å². The van der Waals surface area contributed by atoms with Crippen LogP contribution in [-0.4, -0.2) is 15.1 Å². The van der Waals surface area contributed by atoms with Crippen LogP contribution in [0.3, 0.4) is 0 Å². The van der Waals surface area contributed by atoms with Crippen molar-refractivity contribution in [3.8, 4) is 0 Å². The van der Waals surface area contributed by atoms with Gasteiger partial charge < -0.3 is 0 Å². The number of thioether (sulfide) groups is 1. The zero-order valence-electron chi connectivity index (χ0n) is 12.5. The van der Waals surface area contributed by atoms with Crippen LogP contribution in [0.15, 0.2) is 64.0 Å². The molecule has 1 aliphatic heterocycles. The largest absolute Gasteiger partial charge is 0.288 e. The van der Waals surface area contributed by atoms with Crippen LogP contribution >= 0.6 is 39.9 Å². The molecule has 2 aromatic rings. The monoisotopic (exact) mass is 403 g/mol. The molecule has 1 fully saturated rings. The van der Waals surface area contributed by atoms with Gasteiger partial charge in [0.2, 0.25) is 0 Å². The Kier molecular flexibility index (Phi) is 4.99. The van der Waals surface area contributed by atoms with Crippen LogP contribution in [0.1, 0.15) is 18.1 Å². The molecule has 1 saturated heterocycles. The third kappa shape index (κ3) is 3.57. The second kappa shape index (κ2) is 6.99. The number of hydrogen-bond donors (Lipinski definition) is 0. The van der Waals surface area contributed by atoms with Gasteiger partial charge in [0.05, 0.1) is 11.4 Å². The van der Waals surface area contributed by atoms with E-state index >= 15 is 0 Å². The number of halogens is 1. The van der Waals surface area contributed by atoms with Crippen molar-refractivity contribution in [3.05, 3.63) is 75.1 Å². The Morgan fingerprint density at radius 1 is 1.13 bits per heavy atom. The Morgan fingerprint density at radius 3 is 2.43 bits per heavy atom. The molecule has 116 valence electrons. The Hall–Kier alpha value is -1.43. The van der Waals surface area contributed by atoms with Gasteiger partial charge in [0.15, 0.2) is 0 Å². The molecule has 2 aromatic carbocycles. The minimum absolute atomic E-state index is 0.00993. The topological polar surface area (TPSA) is 20.3 Å². The molecule has 0 saturated carbocycles. The summed E-state index contributed by atoms with van der Waals surface area (Å²) in [4.78, 5) is 15.1. The van der Waals surface area contributed by atoms with Crippen molar-refractivity contribution in [2.75, 3.05) is 0 Å². The van der Waals surface area contributed by atoms with Gasteiger partial charge in [-0.2, -0.15) is 0 Å². The number of nitrogens with zero attached hydrogens (tertiary/aromatic N) is 1. The van der Waals surface area contributed by atoms with E-state index in [-0.39, 0.29) is 5.91 Å². The van der Waals surface area contributed by atoms with Gasteiger partial charge in [-0.15, -0.1) is 0 Å². The lowest BCUT2D eigenvalue weighted by Crippen LogP contribution is -2.27. The summed E-state index contributed by atoms with van der Waals surface area (Å²) in [6.07, 6.45) is 0. The average molecular weight is 404 g/mol. The van der Waals surface area contributed by atoms with Gasteiger partial charge in [-0.05, 0) is 35.8 Å². The van der Waals surface area contributed by atoms with Crippen LogP contribution in [-0.2, 0) is 11.3 Å². The smallest absolute Gasteiger partial charge is 0.266 e. The van der Waals surface area contributed by atoms with Crippen LogP contribution < -0.4 is 0 Å². The van der Waals surface area contributed by atoms with E-state index in [0.717, 1.165) is 21.2 Å². The highest BCUT2D eigenvalue weighted by Crippen LogP contribution is 2.37. The summed E-state index contributed by atoms with van der Waals surface area (Å²) in [6.45, 7) is 2.49. The number of thiocarbonyl (C=S) groups is 1. The first-order valence-corrected chi connectivity index (χ1v) is 9.12. The summed E-state index contributed by atoms with van der Waals surface area (Å²) >= 11 is 10.2. The molecule has 0 spiro atoms. The summed E-state index contributed by atoms with van der Waals surface area (Å²) < 4.78 is 1.64. The Morgan fingerprint density at radius 2 is 1.78 bits per heavy atom. The van der Waals surface area contributed by atoms with Crippen LogP contribution in [0.4, 0.5) is 0 Å². The molecule has 0 radical (unpaired) electrons. The van der Waals surface area contributed by atoms with E-state index in [9.17, 15) is 4.79 Å². The van der Waals surface area contributed by atoms with E-state index in [1.165, 1.54) is 11.8 Å². The van der Waals surface area contributed by atoms with Crippen molar-refractivity contribution in [2.45, 2.75) is 13.5 Å². The number of carbonyl (C=O) groups is 1. The zero-order valence-corrected chi connectivity index (χ0v) is 15.7. The van der Waals surface area contributed by atoms with Crippen LogP contribution in [0.2, 0.25) is 0 Å². The lowest BCUT2D eigenvalue weighted by Gasteiger charge is -2.14. The first-order valence-electron chi connectivity index (χ1n) is 7.10. The highest BCUT2D eigenvalue weighted by molar-refractivity contribution is 9.10. The fraction of sp³-hybridized carbons (Fsp3) is 0.111. The van der Waals surface area contributed by atoms with E-state index in [1.807, 2.05) is 61.5 Å². The lowest BCUT2D eigenvalue weighted by atomic mass is 10.1. The number of carbonyl (C=O) groups excluding carboxylic acids is 1. The molecule has 0 bridgehead atoms. The van der Waals surface area contributed by atoms with Gasteiger partial charge in [-0.25, -0.2) is 0 Å². The van der Waals surface area contributed by atoms with Crippen molar-refractivity contribution in [1.82, 2.24) is 4.90 Å². The first-order chi connectivity index (χ1) is 11.1. The number of rotatable bonds is 3. The quantitative estimate of drug-likeness (QED) is 0.516. The van der Waals surface area contributed by atoms with E-state index in [1.54, 1.807) is 4.90 Å². The van der Waals surface area contributed by atoms with Crippen molar-refractivity contribution in [3.63, 3.8) is 0 Å². The van der Waals surface area contributed by atoms with E-state index < -0.39 is 0 Å². The molecule has 1 heterocycles. The Balaban J connectivity index is 1.88. The highest BCUT2D eigenvalue weighted by atomic mass is 79.9. The van der Waals surface area contributed by atoms with E-state index in [2.05, 4.69) is 15.9 Å². The third-order valence-electron chi connectivity index (χ3n) is 3.65. The maximum Gasteiger partial charge on any atom is 0.266 e. The number of hydrogen-bond acceptors (Lipinski definition) is 3. The second-order valence-electron chi connectivity index (χ2n) is 5.21. The number of amides is 1. The van der Waals surface area contributed by atoms with Gasteiger partial charge in [0.25, 0.3) is 5.91 Å². The van der Waals surface area contributed by atoms with Crippen LogP contribution in [0.5, 0.6) is 0 Å². The van der Waals surface area contributed by atoms with Crippen molar-refractivity contribution < 1.29 is 4.79 Å². The molecule has 0 atom stereocenters. The summed E-state index contributed by atoms with van der Waals surface area (Å²) in [5.41, 5.74) is 3.07. The van der Waals surface area contributed by atoms with E-state index in [4.69, 9.17) is 12.2 Å². The zero-order chi connectivity index (χ0) is 16.4. The highest BCUT2D eigenvalue weighted by Gasteiger charge is 2.33. The molecule has 0 N–H and O–H groups in total. The maximum absolute atomic E-state index is 12.8. The standard InChI is InChI=1S/C18H14BrNOS2/c1-12(14-7-9-15(19)10-8-14)16-17(21)20(18(22)23-16)11-13-5-3-2-4-6-13/h2-10H,11H2,1H3. The molecule has 23 heavy (non-hydrogen) atoms. The minimum Gasteiger partial charge on any atom is -0.288 e. The van der Waals surface area contributed by atoms with Gasteiger partial charge in [0.1, 0.15) is 4.32 Å². The molecular formula is C18H14BrNOS2. The molecule has 0 unspecified atom stereocenters. The van der Waals surface area contributed by atoms with Gasteiger partial charge in [0, 0.05) is 4.47 Å². The fourth-order valence-corrected chi connectivity index (χ4v) is 3.92. The predicted octanol–water partition coefficient (Wildman–Crippen LogP) is 5.24. The SMILES string of the molecule is CC(=C1SC(=S)N(Cc2ccccc2)C1=O)c1ccc(Br)cc1. The lowest BCUT2D eigenvalue weighted by molar-refractivity contribution is -0.122.